The number of carbonyl (C=O) groups excluding carboxylic acids is 1. The fraction of sp³-hybridized carbons (Fsp3) is 0.385. The lowest BCUT2D eigenvalue weighted by Gasteiger charge is -2.35. The molecule has 102 valence electrons. The first kappa shape index (κ1) is 13.7. The highest BCUT2D eigenvalue weighted by molar-refractivity contribution is 7.80. The van der Waals surface area contributed by atoms with E-state index in [0.717, 1.165) is 12.8 Å². The molecule has 3 N–H and O–H groups in total. The van der Waals surface area contributed by atoms with E-state index in [9.17, 15) is 9.18 Å². The number of thiocarbonyl (C=S) groups is 1. The zero-order chi connectivity index (χ0) is 13.8. The van der Waals surface area contributed by atoms with Crippen LogP contribution >= 0.6 is 12.2 Å². The molecule has 4 nitrogen and oxygen atoms in total. The first-order valence-corrected chi connectivity index (χ1v) is 6.62. The van der Waals surface area contributed by atoms with Gasteiger partial charge in [-0.05, 0) is 43.6 Å². The smallest absolute Gasteiger partial charge is 0.240 e. The highest BCUT2D eigenvalue weighted by atomic mass is 32.1. The number of likely N-dealkylation sites (tertiary alicyclic amines) is 1. The van der Waals surface area contributed by atoms with Crippen LogP contribution < -0.4 is 11.1 Å². The number of hydrogen-bond acceptors (Lipinski definition) is 2. The van der Waals surface area contributed by atoms with Crippen molar-refractivity contribution in [2.24, 2.45) is 5.73 Å². The summed E-state index contributed by atoms with van der Waals surface area (Å²) in [4.78, 5) is 13.2. The number of nitrogens with one attached hydrogen (secondary N) is 1. The van der Waals surface area contributed by atoms with E-state index in [4.69, 9.17) is 18.0 Å². The lowest BCUT2D eigenvalue weighted by molar-refractivity contribution is -0.122. The summed E-state index contributed by atoms with van der Waals surface area (Å²) < 4.78 is 13.5. The van der Waals surface area contributed by atoms with Gasteiger partial charge in [0.2, 0.25) is 5.91 Å². The maximum Gasteiger partial charge on any atom is 0.240 e. The van der Waals surface area contributed by atoms with Gasteiger partial charge in [0.05, 0.1) is 5.69 Å². The van der Waals surface area contributed by atoms with Gasteiger partial charge in [0, 0.05) is 6.54 Å². The molecule has 1 aliphatic heterocycles. The van der Waals surface area contributed by atoms with Gasteiger partial charge in [-0.1, -0.05) is 12.1 Å². The highest BCUT2D eigenvalue weighted by Gasteiger charge is 2.28. The third kappa shape index (κ3) is 3.20. The molecule has 0 unspecified atom stereocenters. The standard InChI is InChI=1S/C13H16FN3OS/c14-9-5-1-2-6-10(9)16-13(19)17-8-4-3-7-11(17)12(15)18/h1-2,5-6,11H,3-4,7-8H2,(H2,15,18)(H,16,19)/t11-/m1/s1. The maximum absolute atomic E-state index is 13.5. The van der Waals surface area contributed by atoms with E-state index < -0.39 is 11.9 Å². The van der Waals surface area contributed by atoms with Crippen molar-refractivity contribution in [3.8, 4) is 0 Å². The SMILES string of the molecule is NC(=O)[C@H]1CCCCN1C(=S)Nc1ccccc1F. The van der Waals surface area contributed by atoms with Crippen LogP contribution in [-0.4, -0.2) is 28.5 Å². The molecule has 1 amide bonds. The third-order valence-corrected chi connectivity index (χ3v) is 3.54. The summed E-state index contributed by atoms with van der Waals surface area (Å²) >= 11 is 5.25. The van der Waals surface area contributed by atoms with Crippen LogP contribution in [0.3, 0.4) is 0 Å². The maximum atomic E-state index is 13.5. The Morgan fingerprint density at radius 3 is 2.84 bits per heavy atom. The van der Waals surface area contributed by atoms with Crippen LogP contribution in [0, 0.1) is 5.82 Å². The second-order valence-electron chi connectivity index (χ2n) is 4.52. The Kier molecular flexibility index (Phi) is 4.31. The van der Waals surface area contributed by atoms with Crippen LogP contribution in [0.15, 0.2) is 24.3 Å². The van der Waals surface area contributed by atoms with E-state index in [0.29, 0.717) is 23.8 Å². The summed E-state index contributed by atoms with van der Waals surface area (Å²) in [6.45, 7) is 0.661. The molecule has 1 saturated heterocycles. The predicted octanol–water partition coefficient (Wildman–Crippen LogP) is 1.86. The number of para-hydroxylation sites is 1. The van der Waals surface area contributed by atoms with E-state index in [1.54, 1.807) is 23.1 Å². The van der Waals surface area contributed by atoms with Gasteiger partial charge in [-0.3, -0.25) is 4.79 Å². The Labute approximate surface area is 116 Å². The molecule has 1 aliphatic rings. The fourth-order valence-corrected chi connectivity index (χ4v) is 2.55. The molecule has 0 aliphatic carbocycles. The Hall–Kier alpha value is -1.69. The Bertz CT molecular complexity index is 495. The molecule has 1 atom stereocenters. The Morgan fingerprint density at radius 2 is 2.16 bits per heavy atom. The predicted molar refractivity (Wildman–Crippen MR) is 76.2 cm³/mol. The van der Waals surface area contributed by atoms with E-state index in [1.807, 2.05) is 0 Å². The van der Waals surface area contributed by atoms with Crippen molar-refractivity contribution in [3.63, 3.8) is 0 Å². The number of halogens is 1. The van der Waals surface area contributed by atoms with Gasteiger partial charge < -0.3 is 16.0 Å². The largest absolute Gasteiger partial charge is 0.368 e. The van der Waals surface area contributed by atoms with Crippen molar-refractivity contribution in [1.82, 2.24) is 4.90 Å². The highest BCUT2D eigenvalue weighted by Crippen LogP contribution is 2.19. The van der Waals surface area contributed by atoms with E-state index in [-0.39, 0.29) is 5.82 Å². The average Bonchev–Trinajstić information content (AvgIpc) is 2.41. The minimum absolute atomic E-state index is 0.307. The molecule has 1 aromatic rings. The topological polar surface area (TPSA) is 58.4 Å². The molecule has 0 radical (unpaired) electrons. The minimum atomic E-state index is -0.402. The molecule has 1 aromatic carbocycles. The molecular formula is C13H16FN3OS. The summed E-state index contributed by atoms with van der Waals surface area (Å²) in [6.07, 6.45) is 2.59. The number of anilines is 1. The summed E-state index contributed by atoms with van der Waals surface area (Å²) in [5.41, 5.74) is 5.68. The van der Waals surface area contributed by atoms with Gasteiger partial charge in [-0.25, -0.2) is 4.39 Å². The molecule has 0 saturated carbocycles. The van der Waals surface area contributed by atoms with Crippen molar-refractivity contribution in [1.29, 1.82) is 0 Å². The number of rotatable bonds is 2. The lowest BCUT2D eigenvalue weighted by Crippen LogP contribution is -2.51. The van der Waals surface area contributed by atoms with Gasteiger partial charge in [0.25, 0.3) is 0 Å². The third-order valence-electron chi connectivity index (χ3n) is 3.21. The first-order chi connectivity index (χ1) is 9.09. The number of nitrogens with two attached hydrogens (primary N) is 1. The molecule has 0 aromatic heterocycles. The molecule has 1 heterocycles. The van der Waals surface area contributed by atoms with Crippen LogP contribution in [0.5, 0.6) is 0 Å². The van der Waals surface area contributed by atoms with Crippen molar-refractivity contribution in [2.45, 2.75) is 25.3 Å². The molecular weight excluding hydrogens is 265 g/mol. The molecule has 2 rings (SSSR count). The lowest BCUT2D eigenvalue weighted by atomic mass is 10.0. The van der Waals surface area contributed by atoms with Crippen molar-refractivity contribution in [3.05, 3.63) is 30.1 Å². The molecule has 19 heavy (non-hydrogen) atoms. The molecule has 1 fully saturated rings. The Morgan fingerprint density at radius 1 is 1.42 bits per heavy atom. The van der Waals surface area contributed by atoms with Crippen LogP contribution in [0.4, 0.5) is 10.1 Å². The number of piperidine rings is 1. The molecule has 0 bridgehead atoms. The van der Waals surface area contributed by atoms with Gasteiger partial charge >= 0.3 is 0 Å². The summed E-state index contributed by atoms with van der Waals surface area (Å²) in [6, 6.07) is 5.88. The molecule has 6 heteroatoms. The van der Waals surface area contributed by atoms with E-state index in [1.165, 1.54) is 6.07 Å². The number of nitrogens with zero attached hydrogens (tertiary/aromatic N) is 1. The number of benzene rings is 1. The number of carbonyl (C=O) groups is 1. The normalized spacial score (nSPS) is 19.0. The summed E-state index contributed by atoms with van der Waals surface area (Å²) in [7, 11) is 0. The number of primary amides is 1. The second-order valence-corrected chi connectivity index (χ2v) is 4.90. The molecule has 0 spiro atoms. The van der Waals surface area contributed by atoms with E-state index in [2.05, 4.69) is 5.32 Å². The van der Waals surface area contributed by atoms with Gasteiger partial charge in [-0.15, -0.1) is 0 Å². The van der Waals surface area contributed by atoms with Gasteiger partial charge in [-0.2, -0.15) is 0 Å². The fourth-order valence-electron chi connectivity index (χ4n) is 2.22. The van der Waals surface area contributed by atoms with Gasteiger partial charge in [0.15, 0.2) is 5.11 Å². The van der Waals surface area contributed by atoms with Crippen LogP contribution in [0.1, 0.15) is 19.3 Å². The zero-order valence-corrected chi connectivity index (χ0v) is 11.3. The van der Waals surface area contributed by atoms with Crippen molar-refractivity contribution in [2.75, 3.05) is 11.9 Å². The summed E-state index contributed by atoms with van der Waals surface area (Å²) in [5, 5.41) is 3.18. The second kappa shape index (κ2) is 5.97. The zero-order valence-electron chi connectivity index (χ0n) is 10.4. The van der Waals surface area contributed by atoms with E-state index >= 15 is 0 Å². The monoisotopic (exact) mass is 281 g/mol. The number of hydrogen-bond donors (Lipinski definition) is 2. The minimum Gasteiger partial charge on any atom is -0.368 e. The van der Waals surface area contributed by atoms with Crippen molar-refractivity contribution < 1.29 is 9.18 Å². The van der Waals surface area contributed by atoms with Crippen LogP contribution in [0.25, 0.3) is 0 Å². The summed E-state index contributed by atoms with van der Waals surface area (Å²) in [5.74, 6) is -0.769. The average molecular weight is 281 g/mol. The quantitative estimate of drug-likeness (QED) is 0.812. The Balaban J connectivity index is 2.10. The van der Waals surface area contributed by atoms with Crippen molar-refractivity contribution >= 4 is 28.9 Å². The first-order valence-electron chi connectivity index (χ1n) is 6.21. The van der Waals surface area contributed by atoms with Crippen LogP contribution in [-0.2, 0) is 4.79 Å². The van der Waals surface area contributed by atoms with Gasteiger partial charge in [0.1, 0.15) is 11.9 Å². The number of amides is 1. The van der Waals surface area contributed by atoms with Crippen LogP contribution in [0.2, 0.25) is 0 Å².